The van der Waals surface area contributed by atoms with Gasteiger partial charge in [0.2, 0.25) is 24.3 Å². The number of nitrogens with zero attached hydrogens (tertiary/aromatic N) is 4. The monoisotopic (exact) mass is 602 g/mol. The van der Waals surface area contributed by atoms with Crippen LogP contribution in [0.1, 0.15) is 29.8 Å². The zero-order valence-corrected chi connectivity index (χ0v) is 23.2. The second-order valence-electron chi connectivity index (χ2n) is 9.08. The van der Waals surface area contributed by atoms with Crippen LogP contribution in [0, 0.1) is 6.92 Å². The summed E-state index contributed by atoms with van der Waals surface area (Å²) in [5.41, 5.74) is 7.68. The quantitative estimate of drug-likeness (QED) is 0.185. The molecule has 0 spiro atoms. The third-order valence-corrected chi connectivity index (χ3v) is 6.26. The van der Waals surface area contributed by atoms with Gasteiger partial charge in [-0.15, -0.1) is 0 Å². The van der Waals surface area contributed by atoms with Gasteiger partial charge < -0.3 is 20.5 Å². The number of ether oxygens (including phenoxy) is 2. The normalized spacial score (nSPS) is 12.8. The minimum absolute atomic E-state index is 0.0842. The Morgan fingerprint density at radius 3 is 2.50 bits per heavy atom. The molecule has 0 aliphatic carbocycles. The van der Waals surface area contributed by atoms with Gasteiger partial charge in [0, 0.05) is 34.8 Å². The number of nitrogens with two attached hydrogens (primary N) is 1. The van der Waals surface area contributed by atoms with Gasteiger partial charge >= 0.3 is 12.1 Å². The topological polar surface area (TPSA) is 134 Å². The van der Waals surface area contributed by atoms with Crippen molar-refractivity contribution < 1.29 is 32.2 Å². The number of aromatic nitrogens is 4. The molecule has 0 saturated heterocycles. The molecular weight excluding hydrogens is 577 g/mol. The van der Waals surface area contributed by atoms with E-state index in [1.807, 2.05) is 0 Å². The fraction of sp³-hybridized carbons (Fsp3) is 0.250. The highest BCUT2D eigenvalue weighted by Crippen LogP contribution is 2.40. The predicted molar refractivity (Wildman–Crippen MR) is 148 cm³/mol. The maximum absolute atomic E-state index is 14.4. The van der Waals surface area contributed by atoms with Crippen molar-refractivity contribution in [3.63, 3.8) is 0 Å². The SMILES string of the molecule is CCOC(=O)[C@H](Cc1ccc(-c2cc(O[C@H](c3ccc(Cl)cc3-n3ccc(C)n3)C(F)(F)F)nc(N)n2)cc1)NC=O. The van der Waals surface area contributed by atoms with Crippen molar-refractivity contribution in [2.24, 2.45) is 0 Å². The molecule has 3 N–H and O–H groups in total. The van der Waals surface area contributed by atoms with E-state index in [1.165, 1.54) is 35.1 Å². The van der Waals surface area contributed by atoms with Gasteiger partial charge in [-0.1, -0.05) is 41.9 Å². The lowest BCUT2D eigenvalue weighted by molar-refractivity contribution is -0.198. The summed E-state index contributed by atoms with van der Waals surface area (Å²) >= 11 is 6.10. The van der Waals surface area contributed by atoms with Gasteiger partial charge in [0.15, 0.2) is 0 Å². The Labute approximate surface area is 243 Å². The zero-order chi connectivity index (χ0) is 30.4. The van der Waals surface area contributed by atoms with E-state index in [1.54, 1.807) is 44.2 Å². The standard InChI is InChI=1S/C28H26ClF3N6O4/c1-3-41-26(40)22(34-15-39)12-17-4-6-18(7-5-17)21-14-24(36-27(33)35-21)42-25(28(30,31)32)20-9-8-19(29)13-23(20)38-11-10-16(2)37-38/h4-11,13-15,22,25H,3,12H2,1-2H3,(H,34,39)(H2,33,35,36)/t22-,25+/m0/s1. The van der Waals surface area contributed by atoms with Gasteiger partial charge in [-0.05, 0) is 37.6 Å². The Balaban J connectivity index is 1.63. The smallest absolute Gasteiger partial charge is 0.429 e. The molecule has 4 aromatic rings. The highest BCUT2D eigenvalue weighted by atomic mass is 35.5. The number of esters is 1. The average Bonchev–Trinajstić information content (AvgIpc) is 3.37. The number of carbonyl (C=O) groups excluding carboxylic acids is 2. The number of benzene rings is 2. The zero-order valence-electron chi connectivity index (χ0n) is 22.4. The van der Waals surface area contributed by atoms with E-state index in [9.17, 15) is 22.8 Å². The van der Waals surface area contributed by atoms with Crippen molar-refractivity contribution in [3.8, 4) is 22.8 Å². The number of rotatable bonds is 11. The number of halogens is 4. The molecule has 0 bridgehead atoms. The third-order valence-electron chi connectivity index (χ3n) is 6.03. The molecule has 2 atom stereocenters. The number of nitrogen functional groups attached to an aromatic ring is 1. The molecule has 2 heterocycles. The first-order valence-corrected chi connectivity index (χ1v) is 13.0. The maximum atomic E-state index is 14.4. The fourth-order valence-electron chi connectivity index (χ4n) is 4.15. The van der Waals surface area contributed by atoms with Crippen LogP contribution in [0.25, 0.3) is 16.9 Å². The molecule has 4 rings (SSSR count). The van der Waals surface area contributed by atoms with E-state index in [-0.39, 0.29) is 40.9 Å². The van der Waals surface area contributed by atoms with Crippen LogP contribution >= 0.6 is 11.6 Å². The van der Waals surface area contributed by atoms with Crippen LogP contribution in [0.5, 0.6) is 5.88 Å². The first-order chi connectivity index (χ1) is 20.0. The summed E-state index contributed by atoms with van der Waals surface area (Å²) in [6.45, 7) is 3.52. The lowest BCUT2D eigenvalue weighted by Gasteiger charge is -2.24. The van der Waals surface area contributed by atoms with Crippen LogP contribution in [0.2, 0.25) is 5.02 Å². The van der Waals surface area contributed by atoms with Gasteiger partial charge in [-0.2, -0.15) is 23.3 Å². The molecule has 42 heavy (non-hydrogen) atoms. The van der Waals surface area contributed by atoms with Gasteiger partial charge in [0.25, 0.3) is 0 Å². The van der Waals surface area contributed by atoms with E-state index in [2.05, 4.69) is 20.4 Å². The van der Waals surface area contributed by atoms with Crippen molar-refractivity contribution in [2.75, 3.05) is 12.3 Å². The number of carbonyl (C=O) groups is 2. The van der Waals surface area contributed by atoms with E-state index in [0.29, 0.717) is 23.2 Å². The van der Waals surface area contributed by atoms with E-state index < -0.39 is 30.2 Å². The van der Waals surface area contributed by atoms with Gasteiger partial charge in [0.05, 0.1) is 23.7 Å². The Hall–Kier alpha value is -4.65. The minimum atomic E-state index is -4.85. The van der Waals surface area contributed by atoms with E-state index in [0.717, 1.165) is 0 Å². The van der Waals surface area contributed by atoms with Gasteiger partial charge in [-0.3, -0.25) is 4.79 Å². The van der Waals surface area contributed by atoms with Gasteiger partial charge in [-0.25, -0.2) is 14.5 Å². The molecule has 0 radical (unpaired) electrons. The average molecular weight is 603 g/mol. The van der Waals surface area contributed by atoms with Crippen LogP contribution < -0.4 is 15.8 Å². The highest BCUT2D eigenvalue weighted by Gasteiger charge is 2.45. The Bertz CT molecular complexity index is 1560. The number of hydrogen-bond acceptors (Lipinski definition) is 8. The summed E-state index contributed by atoms with van der Waals surface area (Å²) in [4.78, 5) is 31.0. The molecule has 2 aromatic heterocycles. The van der Waals surface area contributed by atoms with Crippen molar-refractivity contribution in [1.82, 2.24) is 25.1 Å². The number of anilines is 1. The number of nitrogens with one attached hydrogen (secondary N) is 1. The van der Waals surface area contributed by atoms with Crippen molar-refractivity contribution in [3.05, 3.63) is 82.6 Å². The first-order valence-electron chi connectivity index (χ1n) is 12.6. The van der Waals surface area contributed by atoms with Crippen LogP contribution in [-0.4, -0.2) is 51.0 Å². The molecule has 0 aliphatic rings. The Kier molecular flexibility index (Phi) is 9.31. The van der Waals surface area contributed by atoms with Gasteiger partial charge in [0.1, 0.15) is 6.04 Å². The molecule has 0 fully saturated rings. The Morgan fingerprint density at radius 1 is 1.14 bits per heavy atom. The first kappa shape index (κ1) is 30.3. The number of amides is 1. The largest absolute Gasteiger partial charge is 0.464 e. The third kappa shape index (κ3) is 7.35. The van der Waals surface area contributed by atoms with Crippen LogP contribution in [0.4, 0.5) is 19.1 Å². The Morgan fingerprint density at radius 2 is 1.88 bits per heavy atom. The molecular formula is C28H26ClF3N6O4. The number of hydrogen-bond donors (Lipinski definition) is 2. The molecule has 0 unspecified atom stereocenters. The van der Waals surface area contributed by atoms with E-state index in [4.69, 9.17) is 26.8 Å². The lowest BCUT2D eigenvalue weighted by atomic mass is 10.0. The highest BCUT2D eigenvalue weighted by molar-refractivity contribution is 6.30. The summed E-state index contributed by atoms with van der Waals surface area (Å²) in [6, 6.07) is 12.6. The predicted octanol–water partition coefficient (Wildman–Crippen LogP) is 4.78. The second-order valence-corrected chi connectivity index (χ2v) is 9.52. The molecule has 0 saturated carbocycles. The maximum Gasteiger partial charge on any atom is 0.429 e. The molecule has 2 aromatic carbocycles. The second kappa shape index (κ2) is 12.9. The number of alkyl halides is 3. The van der Waals surface area contributed by atoms with Crippen molar-refractivity contribution in [1.29, 1.82) is 0 Å². The fourth-order valence-corrected chi connectivity index (χ4v) is 4.31. The van der Waals surface area contributed by atoms with Crippen molar-refractivity contribution in [2.45, 2.75) is 38.6 Å². The van der Waals surface area contributed by atoms with Crippen molar-refractivity contribution >= 4 is 29.9 Å². The summed E-state index contributed by atoms with van der Waals surface area (Å²) in [6.07, 6.45) is -5.20. The van der Waals surface area contributed by atoms with Crippen LogP contribution in [-0.2, 0) is 20.7 Å². The van der Waals surface area contributed by atoms with E-state index >= 15 is 0 Å². The van der Waals surface area contributed by atoms with Crippen LogP contribution in [0.3, 0.4) is 0 Å². The summed E-state index contributed by atoms with van der Waals surface area (Å²) in [7, 11) is 0. The lowest BCUT2D eigenvalue weighted by Crippen LogP contribution is -2.39. The molecule has 0 aliphatic heterocycles. The summed E-state index contributed by atoms with van der Waals surface area (Å²) in [5, 5.41) is 6.86. The number of aryl methyl sites for hydroxylation is 1. The summed E-state index contributed by atoms with van der Waals surface area (Å²) in [5.74, 6) is -1.28. The molecule has 1 amide bonds. The minimum Gasteiger partial charge on any atom is -0.464 e. The molecule has 10 nitrogen and oxygen atoms in total. The molecule has 14 heteroatoms. The summed E-state index contributed by atoms with van der Waals surface area (Å²) < 4.78 is 54.9. The molecule has 220 valence electrons. The van der Waals surface area contributed by atoms with Crippen LogP contribution in [0.15, 0.2) is 60.8 Å².